The van der Waals surface area contributed by atoms with E-state index >= 15 is 0 Å². The van der Waals surface area contributed by atoms with E-state index in [1.165, 1.54) is 18.2 Å². The van der Waals surface area contributed by atoms with E-state index in [0.29, 0.717) is 11.0 Å². The predicted octanol–water partition coefficient (Wildman–Crippen LogP) is 2.91. The van der Waals surface area contributed by atoms with Crippen molar-refractivity contribution in [1.29, 1.82) is 0 Å². The first kappa shape index (κ1) is 21.6. The van der Waals surface area contributed by atoms with Crippen molar-refractivity contribution < 1.29 is 23.1 Å². The van der Waals surface area contributed by atoms with Crippen molar-refractivity contribution in [2.24, 2.45) is 0 Å². The summed E-state index contributed by atoms with van der Waals surface area (Å²) in [6.45, 7) is 1.59. The Bertz CT molecular complexity index is 1490. The van der Waals surface area contributed by atoms with Crippen LogP contribution < -0.4 is 16.5 Å². The van der Waals surface area contributed by atoms with Gasteiger partial charge >= 0.3 is 11.6 Å². The van der Waals surface area contributed by atoms with Gasteiger partial charge in [-0.3, -0.25) is 9.59 Å². The van der Waals surface area contributed by atoms with Crippen molar-refractivity contribution in [3.63, 3.8) is 0 Å². The highest BCUT2D eigenvalue weighted by atomic mass is 19.1. The fourth-order valence-corrected chi connectivity index (χ4v) is 3.08. The van der Waals surface area contributed by atoms with Crippen molar-refractivity contribution in [3.05, 3.63) is 98.5 Å². The number of nitrogens with zero attached hydrogens (tertiary/aromatic N) is 2. The number of rotatable bonds is 5. The molecule has 0 atom stereocenters. The lowest BCUT2D eigenvalue weighted by Gasteiger charge is -2.12. The topological polar surface area (TPSA) is 120 Å². The van der Waals surface area contributed by atoms with Gasteiger partial charge in [0, 0.05) is 11.5 Å². The molecule has 0 saturated carbocycles. The summed E-state index contributed by atoms with van der Waals surface area (Å²) >= 11 is 0. The standard InChI is InChI=1S/C23H16FN3O6/c1-2-32-23(31)20-17(12-19(28)27(26-20)15-9-7-14(24)8-10-15)25-21(29)16-11-13-5-3-4-6-18(13)33-22(16)30/h3-12H,2H2,1H3,(H,25,29). The lowest BCUT2D eigenvalue weighted by atomic mass is 10.1. The molecule has 0 aliphatic rings. The zero-order chi connectivity index (χ0) is 23.5. The predicted molar refractivity (Wildman–Crippen MR) is 116 cm³/mol. The number of hydrogen-bond acceptors (Lipinski definition) is 7. The monoisotopic (exact) mass is 449 g/mol. The molecule has 0 aliphatic heterocycles. The smallest absolute Gasteiger partial charge is 0.360 e. The molecule has 0 bridgehead atoms. The lowest BCUT2D eigenvalue weighted by molar-refractivity contribution is 0.0518. The number of hydrogen-bond donors (Lipinski definition) is 1. The fraction of sp³-hybridized carbons (Fsp3) is 0.0870. The van der Waals surface area contributed by atoms with Crippen LogP contribution in [-0.4, -0.2) is 28.3 Å². The molecule has 2 aromatic heterocycles. The lowest BCUT2D eigenvalue weighted by Crippen LogP contribution is -2.28. The maximum atomic E-state index is 13.2. The maximum absolute atomic E-state index is 13.2. The van der Waals surface area contributed by atoms with E-state index in [-0.39, 0.29) is 29.2 Å². The highest BCUT2D eigenvalue weighted by Gasteiger charge is 2.22. The maximum Gasteiger partial charge on any atom is 0.360 e. The molecule has 0 fully saturated rings. The number of carbonyl (C=O) groups is 2. The van der Waals surface area contributed by atoms with Gasteiger partial charge in [0.2, 0.25) is 0 Å². The van der Waals surface area contributed by atoms with Crippen molar-refractivity contribution in [3.8, 4) is 5.69 Å². The second kappa shape index (κ2) is 8.87. The third-order valence-corrected chi connectivity index (χ3v) is 4.61. The van der Waals surface area contributed by atoms with Crippen LogP contribution in [0.3, 0.4) is 0 Å². The summed E-state index contributed by atoms with van der Waals surface area (Å²) in [5.74, 6) is -2.33. The Balaban J connectivity index is 1.77. The van der Waals surface area contributed by atoms with Gasteiger partial charge in [0.15, 0.2) is 5.69 Å². The molecule has 10 heteroatoms. The third kappa shape index (κ3) is 4.40. The largest absolute Gasteiger partial charge is 0.461 e. The fourth-order valence-electron chi connectivity index (χ4n) is 3.08. The average Bonchev–Trinajstić information content (AvgIpc) is 2.79. The van der Waals surface area contributed by atoms with E-state index in [0.717, 1.165) is 22.9 Å². The molecule has 4 aromatic rings. The number of fused-ring (bicyclic) bond motifs is 1. The number of carbonyl (C=O) groups excluding carboxylic acids is 2. The highest BCUT2D eigenvalue weighted by Crippen LogP contribution is 2.17. The minimum Gasteiger partial charge on any atom is -0.461 e. The summed E-state index contributed by atoms with van der Waals surface area (Å²) in [7, 11) is 0. The van der Waals surface area contributed by atoms with E-state index in [9.17, 15) is 23.6 Å². The molecule has 9 nitrogen and oxygen atoms in total. The summed E-state index contributed by atoms with van der Waals surface area (Å²) in [6.07, 6.45) is 0. The van der Waals surface area contributed by atoms with Crippen molar-refractivity contribution in [2.45, 2.75) is 6.92 Å². The molecular formula is C23H16FN3O6. The SMILES string of the molecule is CCOC(=O)c1nn(-c2ccc(F)cc2)c(=O)cc1NC(=O)c1cc2ccccc2oc1=O. The first-order chi connectivity index (χ1) is 15.9. The van der Waals surface area contributed by atoms with Gasteiger partial charge in [-0.1, -0.05) is 18.2 Å². The van der Waals surface area contributed by atoms with Crippen molar-refractivity contribution >= 4 is 28.5 Å². The Labute approximate surface area is 185 Å². The summed E-state index contributed by atoms with van der Waals surface area (Å²) in [5.41, 5.74) is -2.07. The van der Waals surface area contributed by atoms with E-state index in [1.54, 1.807) is 31.2 Å². The molecule has 0 aliphatic carbocycles. The van der Waals surface area contributed by atoms with E-state index in [1.807, 2.05) is 0 Å². The molecule has 0 spiro atoms. The Hall–Kier alpha value is -4.60. The molecule has 0 unspecified atom stereocenters. The number of aromatic nitrogens is 2. The van der Waals surface area contributed by atoms with Gasteiger partial charge in [0.05, 0.1) is 18.0 Å². The van der Waals surface area contributed by atoms with Gasteiger partial charge in [-0.15, -0.1) is 0 Å². The molecule has 2 heterocycles. The summed E-state index contributed by atoms with van der Waals surface area (Å²) < 4.78 is 24.3. The van der Waals surface area contributed by atoms with E-state index in [4.69, 9.17) is 9.15 Å². The molecule has 2 aromatic carbocycles. The highest BCUT2D eigenvalue weighted by molar-refractivity contribution is 6.08. The van der Waals surface area contributed by atoms with Gasteiger partial charge in [-0.05, 0) is 43.3 Å². The summed E-state index contributed by atoms with van der Waals surface area (Å²) in [5, 5.41) is 6.88. The molecule has 4 rings (SSSR count). The first-order valence-electron chi connectivity index (χ1n) is 9.79. The zero-order valence-corrected chi connectivity index (χ0v) is 17.2. The quantitative estimate of drug-likeness (QED) is 0.367. The van der Waals surface area contributed by atoms with Crippen LogP contribution in [0.25, 0.3) is 16.7 Å². The Morgan fingerprint density at radius 1 is 1.09 bits per heavy atom. The Morgan fingerprint density at radius 3 is 2.55 bits per heavy atom. The van der Waals surface area contributed by atoms with Gasteiger partial charge in [0.1, 0.15) is 17.0 Å². The Kier molecular flexibility index (Phi) is 5.81. The minimum absolute atomic E-state index is 0.0117. The van der Waals surface area contributed by atoms with Crippen LogP contribution in [0.4, 0.5) is 10.1 Å². The van der Waals surface area contributed by atoms with Crippen LogP contribution in [-0.2, 0) is 4.74 Å². The number of halogens is 1. The molecule has 1 N–H and O–H groups in total. The number of amides is 1. The van der Waals surface area contributed by atoms with E-state index < -0.39 is 28.9 Å². The van der Waals surface area contributed by atoms with Crippen LogP contribution in [0.1, 0.15) is 27.8 Å². The van der Waals surface area contributed by atoms with Gasteiger partial charge in [0.25, 0.3) is 11.5 Å². The number of benzene rings is 2. The minimum atomic E-state index is -0.908. The number of ether oxygens (including phenoxy) is 1. The number of para-hydroxylation sites is 1. The van der Waals surface area contributed by atoms with Gasteiger partial charge < -0.3 is 14.5 Å². The molecule has 166 valence electrons. The third-order valence-electron chi connectivity index (χ3n) is 4.61. The van der Waals surface area contributed by atoms with E-state index in [2.05, 4.69) is 10.4 Å². The normalized spacial score (nSPS) is 10.7. The Morgan fingerprint density at radius 2 is 1.82 bits per heavy atom. The second-order valence-corrected chi connectivity index (χ2v) is 6.79. The van der Waals surface area contributed by atoms with Crippen LogP contribution in [0.15, 0.2) is 74.7 Å². The molecule has 1 amide bonds. The van der Waals surface area contributed by atoms with Crippen LogP contribution in [0.5, 0.6) is 0 Å². The first-order valence-corrected chi connectivity index (χ1v) is 9.79. The van der Waals surface area contributed by atoms with Crippen LogP contribution >= 0.6 is 0 Å². The molecular weight excluding hydrogens is 433 g/mol. The number of anilines is 1. The zero-order valence-electron chi connectivity index (χ0n) is 17.2. The molecule has 0 saturated heterocycles. The summed E-state index contributed by atoms with van der Waals surface area (Å²) in [6, 6.07) is 13.8. The van der Waals surface area contributed by atoms with Crippen LogP contribution in [0, 0.1) is 5.82 Å². The van der Waals surface area contributed by atoms with Gasteiger partial charge in [-0.25, -0.2) is 14.0 Å². The van der Waals surface area contributed by atoms with Crippen LogP contribution in [0.2, 0.25) is 0 Å². The van der Waals surface area contributed by atoms with Crippen molar-refractivity contribution in [1.82, 2.24) is 9.78 Å². The molecule has 0 radical (unpaired) electrons. The number of esters is 1. The summed E-state index contributed by atoms with van der Waals surface area (Å²) in [4.78, 5) is 50.2. The number of nitrogens with one attached hydrogen (secondary N) is 1. The second-order valence-electron chi connectivity index (χ2n) is 6.79. The van der Waals surface area contributed by atoms with Gasteiger partial charge in [-0.2, -0.15) is 9.78 Å². The average molecular weight is 449 g/mol. The molecule has 33 heavy (non-hydrogen) atoms. The van der Waals surface area contributed by atoms with Crippen molar-refractivity contribution in [2.75, 3.05) is 11.9 Å².